The van der Waals surface area contributed by atoms with Gasteiger partial charge in [0.2, 0.25) is 10.0 Å². The van der Waals surface area contributed by atoms with Gasteiger partial charge in [-0.05, 0) is 62.9 Å². The average Bonchev–Trinajstić information content (AvgIpc) is 2.43. The lowest BCUT2D eigenvalue weighted by molar-refractivity contribution is 0.263. The van der Waals surface area contributed by atoms with Gasteiger partial charge in [0.1, 0.15) is 0 Å². The number of nitrogens with zero attached hydrogens (tertiary/aromatic N) is 1. The average molecular weight is 310 g/mol. The third-order valence-electron chi connectivity index (χ3n) is 4.26. The van der Waals surface area contributed by atoms with Gasteiger partial charge in [-0.2, -0.15) is 0 Å². The third kappa shape index (κ3) is 4.28. The maximum Gasteiger partial charge on any atom is 0.242 e. The Kier molecular flexibility index (Phi) is 5.79. The van der Waals surface area contributed by atoms with Crippen molar-refractivity contribution in [2.45, 2.75) is 37.0 Å². The summed E-state index contributed by atoms with van der Waals surface area (Å²) in [4.78, 5) is 0.404. The predicted molar refractivity (Wildman–Crippen MR) is 85.8 cm³/mol. The maximum absolute atomic E-state index is 12.5. The summed E-state index contributed by atoms with van der Waals surface area (Å²) in [5, 5.41) is 3.12. The molecular weight excluding hydrogens is 284 g/mol. The van der Waals surface area contributed by atoms with Crippen LogP contribution in [0.15, 0.2) is 29.2 Å². The first kappa shape index (κ1) is 16.5. The van der Waals surface area contributed by atoms with E-state index < -0.39 is 10.0 Å². The lowest BCUT2D eigenvalue weighted by Crippen LogP contribution is -2.34. The first-order chi connectivity index (χ1) is 10.0. The normalized spacial score (nSPS) is 16.1. The van der Waals surface area contributed by atoms with Crippen molar-refractivity contribution in [1.82, 2.24) is 9.62 Å². The van der Waals surface area contributed by atoms with E-state index in [0.717, 1.165) is 32.2 Å². The summed E-state index contributed by atoms with van der Waals surface area (Å²) in [5.74, 6) is 0.547. The Bertz CT molecular complexity index is 536. The minimum absolute atomic E-state index is 0.404. The van der Waals surface area contributed by atoms with Crippen molar-refractivity contribution in [2.75, 3.05) is 27.2 Å². The summed E-state index contributed by atoms with van der Waals surface area (Å²) in [6, 6.07) is 7.34. The number of aryl methyl sites for hydroxylation is 1. The monoisotopic (exact) mass is 310 g/mol. The molecule has 1 N–H and O–H groups in total. The smallest absolute Gasteiger partial charge is 0.242 e. The summed E-state index contributed by atoms with van der Waals surface area (Å²) in [7, 11) is 0.296. The lowest BCUT2D eigenvalue weighted by atomic mass is 9.86. The van der Waals surface area contributed by atoms with Crippen molar-refractivity contribution in [3.63, 3.8) is 0 Å². The van der Waals surface area contributed by atoms with Crippen LogP contribution in [0.5, 0.6) is 0 Å². The van der Waals surface area contributed by atoms with Crippen LogP contribution in [-0.4, -0.2) is 39.9 Å². The standard InChI is InChI=1S/C16H26N2O2S/c1-17-12-4-7-14-8-10-16(11-9-14)21(19,20)18(2)13-15-5-3-6-15/h8-11,15,17H,3-7,12-13H2,1-2H3. The van der Waals surface area contributed by atoms with Crippen molar-refractivity contribution < 1.29 is 8.42 Å². The van der Waals surface area contributed by atoms with Gasteiger partial charge in [-0.15, -0.1) is 0 Å². The molecule has 1 aromatic carbocycles. The van der Waals surface area contributed by atoms with Gasteiger partial charge < -0.3 is 5.32 Å². The number of rotatable bonds is 8. The zero-order chi connectivity index (χ0) is 15.3. The Hall–Kier alpha value is -0.910. The summed E-state index contributed by atoms with van der Waals surface area (Å²) in [6.45, 7) is 1.62. The van der Waals surface area contributed by atoms with Crippen LogP contribution >= 0.6 is 0 Å². The Morgan fingerprint density at radius 3 is 2.43 bits per heavy atom. The highest BCUT2D eigenvalue weighted by molar-refractivity contribution is 7.89. The van der Waals surface area contributed by atoms with Crippen molar-refractivity contribution in [2.24, 2.45) is 5.92 Å². The van der Waals surface area contributed by atoms with Crippen LogP contribution in [0.4, 0.5) is 0 Å². The number of sulfonamides is 1. The van der Waals surface area contributed by atoms with Crippen molar-refractivity contribution in [1.29, 1.82) is 0 Å². The zero-order valence-electron chi connectivity index (χ0n) is 13.0. The van der Waals surface area contributed by atoms with E-state index in [-0.39, 0.29) is 0 Å². The van der Waals surface area contributed by atoms with E-state index in [4.69, 9.17) is 0 Å². The van der Waals surface area contributed by atoms with Gasteiger partial charge in [-0.25, -0.2) is 12.7 Å². The van der Waals surface area contributed by atoms with E-state index >= 15 is 0 Å². The van der Waals surface area contributed by atoms with E-state index in [2.05, 4.69) is 5.32 Å². The maximum atomic E-state index is 12.5. The fourth-order valence-corrected chi connectivity index (χ4v) is 3.86. The molecule has 1 aliphatic carbocycles. The van der Waals surface area contributed by atoms with E-state index in [9.17, 15) is 8.42 Å². The highest BCUT2D eigenvalue weighted by Crippen LogP contribution is 2.28. The van der Waals surface area contributed by atoms with Crippen LogP contribution < -0.4 is 5.32 Å². The van der Waals surface area contributed by atoms with E-state index in [1.165, 1.54) is 16.3 Å². The molecule has 4 nitrogen and oxygen atoms in total. The minimum Gasteiger partial charge on any atom is -0.320 e. The Labute approximate surface area is 128 Å². The first-order valence-electron chi connectivity index (χ1n) is 7.74. The number of hydrogen-bond acceptors (Lipinski definition) is 3. The molecule has 21 heavy (non-hydrogen) atoms. The molecule has 0 aliphatic heterocycles. The van der Waals surface area contributed by atoms with Gasteiger partial charge in [0.15, 0.2) is 0 Å². The molecule has 0 aromatic heterocycles. The molecule has 0 heterocycles. The quantitative estimate of drug-likeness (QED) is 0.749. The van der Waals surface area contributed by atoms with Crippen LogP contribution in [0.2, 0.25) is 0 Å². The number of hydrogen-bond donors (Lipinski definition) is 1. The molecule has 5 heteroatoms. The molecule has 0 saturated heterocycles. The summed E-state index contributed by atoms with van der Waals surface area (Å²) < 4.78 is 26.5. The minimum atomic E-state index is -3.33. The molecule has 0 bridgehead atoms. The van der Waals surface area contributed by atoms with Crippen LogP contribution in [-0.2, 0) is 16.4 Å². The molecule has 118 valence electrons. The predicted octanol–water partition coefficient (Wildman–Crippen LogP) is 2.26. The van der Waals surface area contributed by atoms with Gasteiger partial charge in [-0.1, -0.05) is 18.6 Å². The Balaban J connectivity index is 1.98. The molecule has 0 spiro atoms. The second-order valence-corrected chi connectivity index (χ2v) is 7.98. The van der Waals surface area contributed by atoms with Gasteiger partial charge >= 0.3 is 0 Å². The molecule has 1 aromatic rings. The van der Waals surface area contributed by atoms with Crippen LogP contribution in [0.3, 0.4) is 0 Å². The van der Waals surface area contributed by atoms with Gasteiger partial charge in [-0.3, -0.25) is 0 Å². The third-order valence-corrected chi connectivity index (χ3v) is 6.10. The van der Waals surface area contributed by atoms with Crippen LogP contribution in [0.25, 0.3) is 0 Å². The van der Waals surface area contributed by atoms with E-state index in [1.54, 1.807) is 19.2 Å². The molecule has 1 aliphatic rings. The highest BCUT2D eigenvalue weighted by atomic mass is 32.2. The van der Waals surface area contributed by atoms with Crippen molar-refractivity contribution in [3.05, 3.63) is 29.8 Å². The second-order valence-electron chi connectivity index (χ2n) is 5.93. The fourth-order valence-electron chi connectivity index (χ4n) is 2.61. The zero-order valence-corrected chi connectivity index (χ0v) is 13.8. The number of benzene rings is 1. The molecule has 1 saturated carbocycles. The van der Waals surface area contributed by atoms with Crippen LogP contribution in [0, 0.1) is 5.92 Å². The fraction of sp³-hybridized carbons (Fsp3) is 0.625. The SMILES string of the molecule is CNCCCc1ccc(S(=O)(=O)N(C)CC2CCC2)cc1. The van der Waals surface area contributed by atoms with Gasteiger partial charge in [0, 0.05) is 13.6 Å². The molecule has 0 amide bonds. The molecule has 0 atom stereocenters. The molecule has 1 fully saturated rings. The summed E-state index contributed by atoms with van der Waals surface area (Å²) in [6.07, 6.45) is 5.58. The Morgan fingerprint density at radius 2 is 1.90 bits per heavy atom. The van der Waals surface area contributed by atoms with Crippen molar-refractivity contribution >= 4 is 10.0 Å². The van der Waals surface area contributed by atoms with Gasteiger partial charge in [0.05, 0.1) is 4.90 Å². The van der Waals surface area contributed by atoms with E-state index in [1.807, 2.05) is 19.2 Å². The topological polar surface area (TPSA) is 49.4 Å². The summed E-state index contributed by atoms with van der Waals surface area (Å²) in [5.41, 5.74) is 1.19. The second kappa shape index (κ2) is 7.38. The molecule has 0 radical (unpaired) electrons. The van der Waals surface area contributed by atoms with E-state index in [0.29, 0.717) is 17.4 Å². The number of nitrogens with one attached hydrogen (secondary N) is 1. The highest BCUT2D eigenvalue weighted by Gasteiger charge is 2.26. The summed E-state index contributed by atoms with van der Waals surface area (Å²) >= 11 is 0. The Morgan fingerprint density at radius 1 is 1.24 bits per heavy atom. The first-order valence-corrected chi connectivity index (χ1v) is 9.18. The van der Waals surface area contributed by atoms with Crippen molar-refractivity contribution in [3.8, 4) is 0 Å². The van der Waals surface area contributed by atoms with Gasteiger partial charge in [0.25, 0.3) is 0 Å². The lowest BCUT2D eigenvalue weighted by Gasteiger charge is -2.29. The largest absolute Gasteiger partial charge is 0.320 e. The van der Waals surface area contributed by atoms with Crippen LogP contribution in [0.1, 0.15) is 31.2 Å². The molecule has 0 unspecified atom stereocenters. The molecular formula is C16H26N2O2S. The molecule has 2 rings (SSSR count).